The van der Waals surface area contributed by atoms with Gasteiger partial charge in [0.05, 0.1) is 37.6 Å². The second-order valence-corrected chi connectivity index (χ2v) is 8.26. The van der Waals surface area contributed by atoms with Crippen molar-refractivity contribution in [1.29, 1.82) is 0 Å². The average Bonchev–Trinajstić information content (AvgIpc) is 2.86. The second kappa shape index (κ2) is 9.56. The summed E-state index contributed by atoms with van der Waals surface area (Å²) in [5.74, 6) is 1.46. The Balaban J connectivity index is 1.28. The Morgan fingerprint density at radius 3 is 2.62 bits per heavy atom. The van der Waals surface area contributed by atoms with Crippen LogP contribution in [-0.2, 0) is 4.74 Å². The first kappa shape index (κ1) is 20.8. The highest BCUT2D eigenvalue weighted by molar-refractivity contribution is 5.85. The Morgan fingerprint density at radius 2 is 1.81 bits per heavy atom. The topological polar surface area (TPSA) is 81.6 Å². The molecule has 1 aliphatic carbocycles. The van der Waals surface area contributed by atoms with E-state index >= 15 is 0 Å². The number of ether oxygens (including phenoxy) is 3. The number of pyridine rings is 1. The van der Waals surface area contributed by atoms with Crippen molar-refractivity contribution in [3.63, 3.8) is 0 Å². The van der Waals surface area contributed by atoms with Crippen molar-refractivity contribution in [3.05, 3.63) is 42.9 Å². The number of nitrogens with one attached hydrogen (secondary N) is 1. The number of fused-ring (bicyclic) bond motifs is 1. The molecule has 5 rings (SSSR count). The standard InChI is InChI=1S/C24H29N5O3/c1-30-24-20(3-2-8-27-24)28-17-4-6-19(7-5-17)32-22-16-18(29-11-13-31-14-12-29)15-21-23(22)26-10-9-25-21/h2-3,8-10,15-17,19,28H,4-7,11-14H2,1H3. The maximum absolute atomic E-state index is 6.52. The van der Waals surface area contributed by atoms with Crippen LogP contribution >= 0.6 is 0 Å². The summed E-state index contributed by atoms with van der Waals surface area (Å²) in [6.07, 6.45) is 9.37. The quantitative estimate of drug-likeness (QED) is 0.628. The lowest BCUT2D eigenvalue weighted by atomic mass is 9.92. The number of rotatable bonds is 6. The number of hydrogen-bond acceptors (Lipinski definition) is 8. The normalized spacial score (nSPS) is 21.3. The number of benzene rings is 1. The Bertz CT molecular complexity index is 1050. The minimum Gasteiger partial charge on any atom is -0.488 e. The van der Waals surface area contributed by atoms with E-state index in [0.29, 0.717) is 11.9 Å². The molecule has 1 saturated heterocycles. The van der Waals surface area contributed by atoms with Crippen LogP contribution in [0, 0.1) is 0 Å². The molecule has 1 N–H and O–H groups in total. The van der Waals surface area contributed by atoms with Crippen molar-refractivity contribution in [2.75, 3.05) is 43.6 Å². The third kappa shape index (κ3) is 4.55. The second-order valence-electron chi connectivity index (χ2n) is 8.26. The molecule has 1 aliphatic heterocycles. The molecule has 3 heterocycles. The van der Waals surface area contributed by atoms with E-state index in [0.717, 1.165) is 80.1 Å². The fraction of sp³-hybridized carbons (Fsp3) is 0.458. The predicted octanol–water partition coefficient (Wildman–Crippen LogP) is 3.67. The molecule has 2 aromatic heterocycles. The first-order chi connectivity index (χ1) is 15.8. The Labute approximate surface area is 187 Å². The maximum atomic E-state index is 6.52. The molecule has 1 aromatic carbocycles. The summed E-state index contributed by atoms with van der Waals surface area (Å²) < 4.78 is 17.4. The molecule has 0 unspecified atom stereocenters. The van der Waals surface area contributed by atoms with Gasteiger partial charge in [-0.15, -0.1) is 0 Å². The Kier molecular flexibility index (Phi) is 6.20. The molecule has 1 saturated carbocycles. The van der Waals surface area contributed by atoms with Gasteiger partial charge >= 0.3 is 0 Å². The zero-order valence-electron chi connectivity index (χ0n) is 18.4. The summed E-state index contributed by atoms with van der Waals surface area (Å²) in [6.45, 7) is 3.24. The summed E-state index contributed by atoms with van der Waals surface area (Å²) >= 11 is 0. The van der Waals surface area contributed by atoms with Crippen molar-refractivity contribution in [3.8, 4) is 11.6 Å². The van der Waals surface area contributed by atoms with Gasteiger partial charge in [-0.1, -0.05) is 0 Å². The lowest BCUT2D eigenvalue weighted by Gasteiger charge is -2.32. The van der Waals surface area contributed by atoms with Crippen molar-refractivity contribution < 1.29 is 14.2 Å². The van der Waals surface area contributed by atoms with Crippen LogP contribution in [0.2, 0.25) is 0 Å². The van der Waals surface area contributed by atoms with Crippen molar-refractivity contribution in [2.24, 2.45) is 0 Å². The molecule has 32 heavy (non-hydrogen) atoms. The highest BCUT2D eigenvalue weighted by Crippen LogP contribution is 2.33. The summed E-state index contributed by atoms with van der Waals surface area (Å²) in [4.78, 5) is 15.7. The summed E-state index contributed by atoms with van der Waals surface area (Å²) in [5.41, 5.74) is 3.75. The molecule has 2 fully saturated rings. The third-order valence-electron chi connectivity index (χ3n) is 6.19. The first-order valence-corrected chi connectivity index (χ1v) is 11.3. The van der Waals surface area contributed by atoms with Crippen LogP contribution in [0.3, 0.4) is 0 Å². The van der Waals surface area contributed by atoms with Gasteiger partial charge in [0.2, 0.25) is 5.88 Å². The number of methoxy groups -OCH3 is 1. The van der Waals surface area contributed by atoms with E-state index in [1.807, 2.05) is 12.1 Å². The minimum atomic E-state index is 0.161. The fourth-order valence-electron chi connectivity index (χ4n) is 4.51. The fourth-order valence-corrected chi connectivity index (χ4v) is 4.51. The van der Waals surface area contributed by atoms with Crippen molar-refractivity contribution in [2.45, 2.75) is 37.8 Å². The summed E-state index contributed by atoms with van der Waals surface area (Å²) in [6, 6.07) is 8.53. The van der Waals surface area contributed by atoms with E-state index in [1.165, 1.54) is 0 Å². The molecule has 2 aliphatic rings. The average molecular weight is 436 g/mol. The van der Waals surface area contributed by atoms with Gasteiger partial charge in [0.15, 0.2) is 0 Å². The lowest BCUT2D eigenvalue weighted by molar-refractivity contribution is 0.122. The van der Waals surface area contributed by atoms with Crippen LogP contribution in [0.4, 0.5) is 11.4 Å². The molecule has 8 heteroatoms. The Hall–Kier alpha value is -3.13. The monoisotopic (exact) mass is 435 g/mol. The molecule has 0 radical (unpaired) electrons. The van der Waals surface area contributed by atoms with Gasteiger partial charge in [0, 0.05) is 49.5 Å². The molecule has 8 nitrogen and oxygen atoms in total. The molecule has 168 valence electrons. The summed E-state index contributed by atoms with van der Waals surface area (Å²) in [7, 11) is 1.65. The first-order valence-electron chi connectivity index (χ1n) is 11.3. The molecular weight excluding hydrogens is 406 g/mol. The van der Waals surface area contributed by atoms with E-state index in [4.69, 9.17) is 14.2 Å². The molecule has 0 spiro atoms. The van der Waals surface area contributed by atoms with E-state index in [9.17, 15) is 0 Å². The van der Waals surface area contributed by atoms with Gasteiger partial charge < -0.3 is 24.4 Å². The number of nitrogens with zero attached hydrogens (tertiary/aromatic N) is 4. The van der Waals surface area contributed by atoms with Gasteiger partial charge in [0.1, 0.15) is 11.3 Å². The Morgan fingerprint density at radius 1 is 1.00 bits per heavy atom. The van der Waals surface area contributed by atoms with Gasteiger partial charge in [-0.25, -0.2) is 9.97 Å². The number of morpholine rings is 1. The van der Waals surface area contributed by atoms with Gasteiger partial charge in [-0.2, -0.15) is 0 Å². The third-order valence-corrected chi connectivity index (χ3v) is 6.19. The van der Waals surface area contributed by atoms with E-state index in [-0.39, 0.29) is 6.10 Å². The van der Waals surface area contributed by atoms with Crippen molar-refractivity contribution >= 4 is 22.4 Å². The molecule has 0 atom stereocenters. The zero-order valence-corrected chi connectivity index (χ0v) is 18.4. The maximum Gasteiger partial charge on any atom is 0.237 e. The molecular formula is C24H29N5O3. The molecule has 3 aromatic rings. The SMILES string of the molecule is COc1ncccc1NC1CCC(Oc2cc(N3CCOCC3)cc3nccnc23)CC1. The van der Waals surface area contributed by atoms with Gasteiger partial charge in [-0.05, 0) is 43.9 Å². The molecule has 0 bridgehead atoms. The number of aromatic nitrogens is 3. The zero-order chi connectivity index (χ0) is 21.8. The van der Waals surface area contributed by atoms with E-state index < -0.39 is 0 Å². The summed E-state index contributed by atoms with van der Waals surface area (Å²) in [5, 5.41) is 3.58. The van der Waals surface area contributed by atoms with E-state index in [2.05, 4.69) is 37.3 Å². The smallest absolute Gasteiger partial charge is 0.237 e. The largest absolute Gasteiger partial charge is 0.488 e. The highest BCUT2D eigenvalue weighted by atomic mass is 16.5. The number of hydrogen-bond donors (Lipinski definition) is 1. The van der Waals surface area contributed by atoms with Gasteiger partial charge in [-0.3, -0.25) is 4.98 Å². The minimum absolute atomic E-state index is 0.161. The van der Waals surface area contributed by atoms with Crippen LogP contribution in [0.25, 0.3) is 11.0 Å². The lowest BCUT2D eigenvalue weighted by Crippen LogP contribution is -2.36. The number of anilines is 2. The predicted molar refractivity (Wildman–Crippen MR) is 124 cm³/mol. The van der Waals surface area contributed by atoms with Crippen LogP contribution in [0.5, 0.6) is 11.6 Å². The van der Waals surface area contributed by atoms with Crippen LogP contribution < -0.4 is 19.7 Å². The van der Waals surface area contributed by atoms with Crippen LogP contribution in [-0.4, -0.2) is 60.5 Å². The van der Waals surface area contributed by atoms with Crippen LogP contribution in [0.1, 0.15) is 25.7 Å². The highest BCUT2D eigenvalue weighted by Gasteiger charge is 2.25. The molecule has 0 amide bonds. The van der Waals surface area contributed by atoms with Crippen LogP contribution in [0.15, 0.2) is 42.9 Å². The van der Waals surface area contributed by atoms with Gasteiger partial charge in [0.25, 0.3) is 0 Å². The van der Waals surface area contributed by atoms with Crippen molar-refractivity contribution in [1.82, 2.24) is 15.0 Å². The van der Waals surface area contributed by atoms with E-state index in [1.54, 1.807) is 25.7 Å².